The third-order valence-electron chi connectivity index (χ3n) is 2.82. The van der Waals surface area contributed by atoms with Gasteiger partial charge in [-0.15, -0.1) is 0 Å². The summed E-state index contributed by atoms with van der Waals surface area (Å²) < 4.78 is 0. The molecular weight excluding hydrogens is 220 g/mol. The molecule has 0 bridgehead atoms. The Hall–Kier alpha value is -2.15. The van der Waals surface area contributed by atoms with Gasteiger partial charge in [0.1, 0.15) is 6.29 Å². The fourth-order valence-corrected chi connectivity index (χ4v) is 1.85. The van der Waals surface area contributed by atoms with E-state index in [0.717, 1.165) is 18.3 Å². The molecule has 0 aromatic heterocycles. The van der Waals surface area contributed by atoms with Crippen LogP contribution in [0.15, 0.2) is 66.7 Å². The van der Waals surface area contributed by atoms with Crippen LogP contribution < -0.4 is 0 Å². The smallest absolute Gasteiger partial charge is 0.127 e. The highest BCUT2D eigenvalue weighted by Gasteiger charge is 2.03. The summed E-state index contributed by atoms with van der Waals surface area (Å²) in [5, 5.41) is 0. The van der Waals surface area contributed by atoms with Crippen molar-refractivity contribution in [3.8, 4) is 0 Å². The first-order valence-corrected chi connectivity index (χ1v) is 6.11. The third kappa shape index (κ3) is 3.70. The number of hydrogen-bond donors (Lipinski definition) is 0. The Kier molecular flexibility index (Phi) is 4.48. The van der Waals surface area contributed by atoms with Crippen molar-refractivity contribution in [1.82, 2.24) is 0 Å². The molecule has 1 nitrogen and oxygen atoms in total. The molecule has 0 N–H and O–H groups in total. The third-order valence-corrected chi connectivity index (χ3v) is 2.82. The largest absolute Gasteiger partial charge is 0.303 e. The average Bonchev–Trinajstić information content (AvgIpc) is 2.45. The van der Waals surface area contributed by atoms with Crippen molar-refractivity contribution in [1.29, 1.82) is 0 Å². The molecule has 90 valence electrons. The molecule has 1 heteroatoms. The van der Waals surface area contributed by atoms with Crippen LogP contribution in [-0.2, 0) is 11.2 Å². The summed E-state index contributed by atoms with van der Waals surface area (Å²) >= 11 is 0. The summed E-state index contributed by atoms with van der Waals surface area (Å²) in [6, 6.07) is 20.1. The van der Waals surface area contributed by atoms with Gasteiger partial charge in [-0.1, -0.05) is 72.8 Å². The predicted molar refractivity (Wildman–Crippen MR) is 75.2 cm³/mol. The van der Waals surface area contributed by atoms with Gasteiger partial charge in [-0.25, -0.2) is 0 Å². The SMILES string of the molecule is O=CC(/C=C/c1ccccc1)Cc1ccccc1. The van der Waals surface area contributed by atoms with Crippen molar-refractivity contribution in [2.75, 3.05) is 0 Å². The van der Waals surface area contributed by atoms with Crippen LogP contribution in [0.4, 0.5) is 0 Å². The van der Waals surface area contributed by atoms with Crippen LogP contribution >= 0.6 is 0 Å². The van der Waals surface area contributed by atoms with Gasteiger partial charge in [0.2, 0.25) is 0 Å². The zero-order valence-corrected chi connectivity index (χ0v) is 10.2. The molecule has 2 rings (SSSR count). The van der Waals surface area contributed by atoms with Crippen LogP contribution in [-0.4, -0.2) is 6.29 Å². The van der Waals surface area contributed by atoms with Crippen LogP contribution in [0.25, 0.3) is 6.08 Å². The molecule has 0 aliphatic carbocycles. The van der Waals surface area contributed by atoms with Gasteiger partial charge >= 0.3 is 0 Å². The lowest BCUT2D eigenvalue weighted by Crippen LogP contribution is -2.02. The molecule has 18 heavy (non-hydrogen) atoms. The lowest BCUT2D eigenvalue weighted by Gasteiger charge is -2.04. The number of carbonyl (C=O) groups is 1. The Bertz CT molecular complexity index is 500. The van der Waals surface area contributed by atoms with Crippen LogP contribution in [0, 0.1) is 5.92 Å². The van der Waals surface area contributed by atoms with E-state index in [0.29, 0.717) is 0 Å². The molecule has 0 aliphatic rings. The number of benzene rings is 2. The van der Waals surface area contributed by atoms with Crippen LogP contribution in [0.2, 0.25) is 0 Å². The fourth-order valence-electron chi connectivity index (χ4n) is 1.85. The van der Waals surface area contributed by atoms with E-state index in [4.69, 9.17) is 0 Å². The molecule has 0 fully saturated rings. The number of hydrogen-bond acceptors (Lipinski definition) is 1. The highest BCUT2D eigenvalue weighted by Crippen LogP contribution is 2.10. The van der Waals surface area contributed by atoms with E-state index in [1.54, 1.807) is 0 Å². The van der Waals surface area contributed by atoms with Gasteiger partial charge in [-0.05, 0) is 17.5 Å². The van der Waals surface area contributed by atoms with E-state index in [1.165, 1.54) is 5.56 Å². The van der Waals surface area contributed by atoms with Crippen molar-refractivity contribution < 1.29 is 4.79 Å². The maximum Gasteiger partial charge on any atom is 0.127 e. The van der Waals surface area contributed by atoms with Gasteiger partial charge in [-0.3, -0.25) is 0 Å². The first-order chi connectivity index (χ1) is 8.88. The lowest BCUT2D eigenvalue weighted by molar-refractivity contribution is -0.109. The normalized spacial score (nSPS) is 12.4. The molecule has 0 saturated carbocycles. The Labute approximate surface area is 108 Å². The zero-order valence-electron chi connectivity index (χ0n) is 10.2. The minimum Gasteiger partial charge on any atom is -0.303 e. The van der Waals surface area contributed by atoms with Gasteiger partial charge in [0.25, 0.3) is 0 Å². The second-order valence-electron chi connectivity index (χ2n) is 4.26. The molecule has 1 atom stereocenters. The molecule has 0 saturated heterocycles. The van der Waals surface area contributed by atoms with E-state index in [2.05, 4.69) is 0 Å². The Balaban J connectivity index is 2.02. The Morgan fingerprint density at radius 1 is 0.889 bits per heavy atom. The van der Waals surface area contributed by atoms with Crippen molar-refractivity contribution in [3.05, 3.63) is 77.9 Å². The minimum atomic E-state index is -0.0624. The second kappa shape index (κ2) is 6.55. The van der Waals surface area contributed by atoms with Crippen LogP contribution in [0.1, 0.15) is 11.1 Å². The average molecular weight is 236 g/mol. The Morgan fingerprint density at radius 3 is 2.11 bits per heavy atom. The molecule has 0 radical (unpaired) electrons. The first-order valence-electron chi connectivity index (χ1n) is 6.11. The molecule has 0 heterocycles. The van der Waals surface area contributed by atoms with E-state index in [9.17, 15) is 4.79 Å². The first kappa shape index (κ1) is 12.3. The molecule has 0 amide bonds. The highest BCUT2D eigenvalue weighted by atomic mass is 16.1. The number of carbonyl (C=O) groups excluding carboxylic acids is 1. The van der Waals surface area contributed by atoms with Crippen molar-refractivity contribution in [2.45, 2.75) is 6.42 Å². The maximum atomic E-state index is 11.1. The van der Waals surface area contributed by atoms with E-state index in [-0.39, 0.29) is 5.92 Å². The molecule has 0 aliphatic heterocycles. The maximum absolute atomic E-state index is 11.1. The van der Waals surface area contributed by atoms with E-state index >= 15 is 0 Å². The second-order valence-corrected chi connectivity index (χ2v) is 4.26. The fraction of sp³-hybridized carbons (Fsp3) is 0.118. The quantitative estimate of drug-likeness (QED) is 0.722. The monoisotopic (exact) mass is 236 g/mol. The molecular formula is C17H16O. The molecule has 0 spiro atoms. The van der Waals surface area contributed by atoms with E-state index in [1.807, 2.05) is 72.8 Å². The van der Waals surface area contributed by atoms with Gasteiger partial charge in [-0.2, -0.15) is 0 Å². The standard InChI is InChI=1S/C17H16O/c18-14-17(13-16-9-5-2-6-10-16)12-11-15-7-3-1-4-8-15/h1-12,14,17H,13H2/b12-11+. The minimum absolute atomic E-state index is 0.0624. The summed E-state index contributed by atoms with van der Waals surface area (Å²) in [4.78, 5) is 11.1. The van der Waals surface area contributed by atoms with Gasteiger partial charge in [0.05, 0.1) is 0 Å². The summed E-state index contributed by atoms with van der Waals surface area (Å²) in [5.41, 5.74) is 2.31. The van der Waals surface area contributed by atoms with Gasteiger partial charge in [0, 0.05) is 5.92 Å². The molecule has 2 aromatic carbocycles. The van der Waals surface area contributed by atoms with Gasteiger partial charge in [0.15, 0.2) is 0 Å². The number of allylic oxidation sites excluding steroid dienone is 1. The summed E-state index contributed by atoms with van der Waals surface area (Å²) in [5.74, 6) is -0.0624. The van der Waals surface area contributed by atoms with Crippen molar-refractivity contribution >= 4 is 12.4 Å². The summed E-state index contributed by atoms with van der Waals surface area (Å²) in [7, 11) is 0. The molecule has 2 aromatic rings. The van der Waals surface area contributed by atoms with Crippen LogP contribution in [0.3, 0.4) is 0 Å². The van der Waals surface area contributed by atoms with E-state index < -0.39 is 0 Å². The van der Waals surface area contributed by atoms with Crippen molar-refractivity contribution in [3.63, 3.8) is 0 Å². The zero-order chi connectivity index (χ0) is 12.6. The Morgan fingerprint density at radius 2 is 1.50 bits per heavy atom. The highest BCUT2D eigenvalue weighted by molar-refractivity contribution is 5.61. The van der Waals surface area contributed by atoms with Crippen LogP contribution in [0.5, 0.6) is 0 Å². The number of aldehydes is 1. The lowest BCUT2D eigenvalue weighted by atomic mass is 9.99. The summed E-state index contributed by atoms with van der Waals surface area (Å²) in [6.07, 6.45) is 5.73. The topological polar surface area (TPSA) is 17.1 Å². The van der Waals surface area contributed by atoms with Crippen molar-refractivity contribution in [2.24, 2.45) is 5.92 Å². The van der Waals surface area contributed by atoms with Gasteiger partial charge < -0.3 is 4.79 Å². The summed E-state index contributed by atoms with van der Waals surface area (Å²) in [6.45, 7) is 0. The predicted octanol–water partition coefficient (Wildman–Crippen LogP) is 3.76. The number of rotatable bonds is 5. The molecule has 1 unspecified atom stereocenters.